The van der Waals surface area contributed by atoms with Crippen molar-refractivity contribution in [2.24, 2.45) is 0 Å². The predicted molar refractivity (Wildman–Crippen MR) is 129 cm³/mol. The van der Waals surface area contributed by atoms with Crippen molar-refractivity contribution in [3.05, 3.63) is 94.9 Å². The van der Waals surface area contributed by atoms with Gasteiger partial charge >= 0.3 is 0 Å². The van der Waals surface area contributed by atoms with Crippen LogP contribution in [-0.2, 0) is 10.0 Å². The molecule has 1 aromatic heterocycles. The minimum atomic E-state index is -3.72. The molecule has 0 fully saturated rings. The Labute approximate surface area is 195 Å². The van der Waals surface area contributed by atoms with Gasteiger partial charge in [0.2, 0.25) is 0 Å². The summed E-state index contributed by atoms with van der Waals surface area (Å²) in [5.41, 5.74) is 3.78. The summed E-state index contributed by atoms with van der Waals surface area (Å²) >= 11 is 1.29. The van der Waals surface area contributed by atoms with E-state index in [1.54, 1.807) is 48.5 Å². The molecule has 0 radical (unpaired) electrons. The van der Waals surface area contributed by atoms with Crippen LogP contribution in [0.3, 0.4) is 0 Å². The van der Waals surface area contributed by atoms with Crippen LogP contribution < -0.4 is 10.0 Å². The lowest BCUT2D eigenvalue weighted by molar-refractivity contribution is 0.102. The number of hydrogen-bond acceptors (Lipinski definition) is 6. The fraction of sp³-hybridized carbons (Fsp3) is 0.0417. The Hall–Kier alpha value is -4.00. The first-order valence-electron chi connectivity index (χ1n) is 9.81. The highest BCUT2D eigenvalue weighted by Crippen LogP contribution is 2.26. The number of nitrogens with one attached hydrogen (secondary N) is 2. The zero-order valence-corrected chi connectivity index (χ0v) is 19.1. The van der Waals surface area contributed by atoms with Crippen LogP contribution in [0, 0.1) is 18.3 Å². The Balaban J connectivity index is 1.42. The largest absolute Gasteiger partial charge is 0.298 e. The summed E-state index contributed by atoms with van der Waals surface area (Å²) in [7, 11) is -3.72. The van der Waals surface area contributed by atoms with Crippen molar-refractivity contribution in [3.8, 4) is 17.3 Å². The highest BCUT2D eigenvalue weighted by molar-refractivity contribution is 7.92. The summed E-state index contributed by atoms with van der Waals surface area (Å²) in [5.74, 6) is -0.358. The lowest BCUT2D eigenvalue weighted by atomic mass is 10.1. The van der Waals surface area contributed by atoms with Gasteiger partial charge in [-0.3, -0.25) is 14.8 Å². The van der Waals surface area contributed by atoms with E-state index in [0.29, 0.717) is 27.6 Å². The lowest BCUT2D eigenvalue weighted by Gasteiger charge is -2.09. The molecule has 1 heterocycles. The molecule has 7 nitrogen and oxygen atoms in total. The Morgan fingerprint density at radius 1 is 0.970 bits per heavy atom. The van der Waals surface area contributed by atoms with E-state index in [0.717, 1.165) is 11.1 Å². The van der Waals surface area contributed by atoms with Gasteiger partial charge in [0.25, 0.3) is 15.9 Å². The van der Waals surface area contributed by atoms with Crippen molar-refractivity contribution in [1.82, 2.24) is 4.98 Å². The number of carbonyl (C=O) groups excluding carboxylic acids is 1. The maximum atomic E-state index is 12.6. The van der Waals surface area contributed by atoms with E-state index in [4.69, 9.17) is 5.26 Å². The van der Waals surface area contributed by atoms with E-state index in [-0.39, 0.29) is 10.8 Å². The first kappa shape index (κ1) is 22.2. The number of rotatable bonds is 6. The van der Waals surface area contributed by atoms with Crippen LogP contribution in [0.5, 0.6) is 0 Å². The maximum absolute atomic E-state index is 12.6. The number of amides is 1. The topological polar surface area (TPSA) is 112 Å². The fourth-order valence-electron chi connectivity index (χ4n) is 2.97. The van der Waals surface area contributed by atoms with Crippen LogP contribution in [-0.4, -0.2) is 19.3 Å². The number of aryl methyl sites for hydroxylation is 1. The van der Waals surface area contributed by atoms with Crippen LogP contribution in [0.2, 0.25) is 0 Å². The number of nitrogens with zero attached hydrogens (tertiary/aromatic N) is 2. The number of carbonyl (C=O) groups is 1. The molecule has 4 aromatic rings. The number of nitriles is 1. The van der Waals surface area contributed by atoms with Gasteiger partial charge in [-0.15, -0.1) is 11.3 Å². The SMILES string of the molecule is Cc1ccc(S(=O)(=O)Nc2ccc(C(=O)Nc3nc(-c4ccc(C#N)cc4)cs3)cc2)cc1. The van der Waals surface area contributed by atoms with Gasteiger partial charge in [-0.1, -0.05) is 29.8 Å². The Morgan fingerprint density at radius 3 is 2.27 bits per heavy atom. The average molecular weight is 475 g/mol. The summed E-state index contributed by atoms with van der Waals surface area (Å²) in [4.78, 5) is 17.2. The van der Waals surface area contributed by atoms with Gasteiger partial charge in [0.15, 0.2) is 5.13 Å². The van der Waals surface area contributed by atoms with Crippen molar-refractivity contribution in [2.45, 2.75) is 11.8 Å². The molecule has 4 rings (SSSR count). The lowest BCUT2D eigenvalue weighted by Crippen LogP contribution is -2.14. The third kappa shape index (κ3) is 5.26. The second kappa shape index (κ2) is 9.24. The van der Waals surface area contributed by atoms with Crippen molar-refractivity contribution in [1.29, 1.82) is 5.26 Å². The minimum Gasteiger partial charge on any atom is -0.298 e. The molecular formula is C24H18N4O3S2. The summed E-state index contributed by atoms with van der Waals surface area (Å²) < 4.78 is 27.5. The van der Waals surface area contributed by atoms with E-state index >= 15 is 0 Å². The quantitative estimate of drug-likeness (QED) is 0.406. The molecule has 3 aromatic carbocycles. The summed E-state index contributed by atoms with van der Waals surface area (Å²) in [6, 6.07) is 21.8. The number of sulfonamides is 1. The van der Waals surface area contributed by atoms with Gasteiger partial charge in [0.05, 0.1) is 22.2 Å². The molecule has 33 heavy (non-hydrogen) atoms. The smallest absolute Gasteiger partial charge is 0.261 e. The molecule has 0 aliphatic carbocycles. The van der Waals surface area contributed by atoms with Crippen molar-refractivity contribution >= 4 is 38.1 Å². The van der Waals surface area contributed by atoms with Gasteiger partial charge in [-0.05, 0) is 55.5 Å². The van der Waals surface area contributed by atoms with E-state index < -0.39 is 10.0 Å². The number of aromatic nitrogens is 1. The third-order valence-electron chi connectivity index (χ3n) is 4.77. The number of benzene rings is 3. The van der Waals surface area contributed by atoms with Gasteiger partial charge in [-0.2, -0.15) is 5.26 Å². The second-order valence-electron chi connectivity index (χ2n) is 7.18. The predicted octanol–water partition coefficient (Wildman–Crippen LogP) is 5.04. The zero-order chi connectivity index (χ0) is 23.4. The van der Waals surface area contributed by atoms with E-state index in [1.807, 2.05) is 12.3 Å². The normalized spacial score (nSPS) is 10.9. The Morgan fingerprint density at radius 2 is 1.64 bits per heavy atom. The number of hydrogen-bond donors (Lipinski definition) is 2. The van der Waals surface area contributed by atoms with E-state index in [1.165, 1.54) is 35.6 Å². The molecule has 0 atom stereocenters. The minimum absolute atomic E-state index is 0.164. The van der Waals surface area contributed by atoms with Gasteiger partial charge in [0, 0.05) is 22.2 Å². The van der Waals surface area contributed by atoms with E-state index in [2.05, 4.69) is 21.1 Å². The Bertz CT molecular complexity index is 1440. The van der Waals surface area contributed by atoms with Gasteiger partial charge < -0.3 is 0 Å². The maximum Gasteiger partial charge on any atom is 0.261 e. The van der Waals surface area contributed by atoms with Crippen LogP contribution in [0.1, 0.15) is 21.5 Å². The van der Waals surface area contributed by atoms with Gasteiger partial charge in [-0.25, -0.2) is 13.4 Å². The summed E-state index contributed by atoms with van der Waals surface area (Å²) in [5, 5.41) is 13.9. The Kier molecular flexibility index (Phi) is 6.22. The summed E-state index contributed by atoms with van der Waals surface area (Å²) in [6.45, 7) is 1.88. The molecule has 9 heteroatoms. The molecule has 0 bridgehead atoms. The van der Waals surface area contributed by atoms with Crippen molar-refractivity contribution in [2.75, 3.05) is 10.0 Å². The molecule has 1 amide bonds. The molecule has 0 aliphatic heterocycles. The number of anilines is 2. The first-order valence-corrected chi connectivity index (χ1v) is 12.2. The van der Waals surface area contributed by atoms with Crippen molar-refractivity contribution in [3.63, 3.8) is 0 Å². The highest BCUT2D eigenvalue weighted by Gasteiger charge is 2.15. The molecule has 2 N–H and O–H groups in total. The summed E-state index contributed by atoms with van der Waals surface area (Å²) in [6.07, 6.45) is 0. The zero-order valence-electron chi connectivity index (χ0n) is 17.4. The van der Waals surface area contributed by atoms with Crippen LogP contribution >= 0.6 is 11.3 Å². The molecule has 164 valence electrons. The molecule has 0 unspecified atom stereocenters. The standard InChI is InChI=1S/C24H18N4O3S2/c1-16-2-12-21(13-3-16)33(30,31)28-20-10-8-19(9-11-20)23(29)27-24-26-22(15-32-24)18-6-4-17(14-25)5-7-18/h2-13,15,28H,1H3,(H,26,27,29). The third-order valence-corrected chi connectivity index (χ3v) is 6.92. The van der Waals surface area contributed by atoms with Gasteiger partial charge in [0.1, 0.15) is 0 Å². The molecule has 0 spiro atoms. The molecule has 0 saturated heterocycles. The van der Waals surface area contributed by atoms with Crippen molar-refractivity contribution < 1.29 is 13.2 Å². The first-order chi connectivity index (χ1) is 15.8. The monoisotopic (exact) mass is 474 g/mol. The molecular weight excluding hydrogens is 456 g/mol. The van der Waals surface area contributed by atoms with Crippen LogP contribution in [0.25, 0.3) is 11.3 Å². The molecule has 0 aliphatic rings. The van der Waals surface area contributed by atoms with Crippen LogP contribution in [0.4, 0.5) is 10.8 Å². The average Bonchev–Trinajstić information content (AvgIpc) is 3.28. The van der Waals surface area contributed by atoms with E-state index in [9.17, 15) is 13.2 Å². The van der Waals surface area contributed by atoms with Crippen LogP contribution in [0.15, 0.2) is 83.1 Å². The fourth-order valence-corrected chi connectivity index (χ4v) is 4.74. The number of thiazole rings is 1. The molecule has 0 saturated carbocycles. The highest BCUT2D eigenvalue weighted by atomic mass is 32.2. The second-order valence-corrected chi connectivity index (χ2v) is 9.72.